The molecule has 0 aliphatic heterocycles. The van der Waals surface area contributed by atoms with Gasteiger partial charge in [0, 0.05) is 15.8 Å². The van der Waals surface area contributed by atoms with E-state index in [1.54, 1.807) is 0 Å². The summed E-state index contributed by atoms with van der Waals surface area (Å²) in [5, 5.41) is 3.13. The van der Waals surface area contributed by atoms with E-state index in [4.69, 9.17) is 0 Å². The third-order valence-corrected chi connectivity index (χ3v) is 4.62. The molecule has 1 unspecified atom stereocenters. The maximum absolute atomic E-state index is 12.8. The molecule has 0 saturated heterocycles. The fourth-order valence-corrected chi connectivity index (χ4v) is 3.09. The van der Waals surface area contributed by atoms with E-state index in [0.29, 0.717) is 5.56 Å². The summed E-state index contributed by atoms with van der Waals surface area (Å²) >= 11 is 1.52. The second-order valence-electron chi connectivity index (χ2n) is 4.74. The van der Waals surface area contributed by atoms with Crippen LogP contribution in [0.3, 0.4) is 0 Å². The Morgan fingerprint density at radius 2 is 1.85 bits per heavy atom. The van der Waals surface area contributed by atoms with Gasteiger partial charge in [-0.15, -0.1) is 11.3 Å². The van der Waals surface area contributed by atoms with Gasteiger partial charge < -0.3 is 5.32 Å². The molecule has 0 saturated carbocycles. The SMILES string of the molecule is CNC(C)c1ccc(-c2cc(C(F)(F)F)ccc2C)s1. The van der Waals surface area contributed by atoms with E-state index in [1.807, 2.05) is 33.0 Å². The second kappa shape index (κ2) is 5.58. The van der Waals surface area contributed by atoms with Crippen molar-refractivity contribution in [3.63, 3.8) is 0 Å². The number of rotatable bonds is 3. The quantitative estimate of drug-likeness (QED) is 0.839. The molecule has 5 heteroatoms. The van der Waals surface area contributed by atoms with Crippen LogP contribution in [0, 0.1) is 6.92 Å². The minimum absolute atomic E-state index is 0.194. The Hall–Kier alpha value is -1.33. The highest BCUT2D eigenvalue weighted by atomic mass is 32.1. The molecular weight excluding hydrogens is 283 g/mol. The first-order chi connectivity index (χ1) is 9.32. The minimum Gasteiger partial charge on any atom is -0.313 e. The van der Waals surface area contributed by atoms with Crippen molar-refractivity contribution < 1.29 is 13.2 Å². The largest absolute Gasteiger partial charge is 0.416 e. The minimum atomic E-state index is -4.30. The lowest BCUT2D eigenvalue weighted by molar-refractivity contribution is -0.137. The Bertz CT molecular complexity index is 601. The van der Waals surface area contributed by atoms with E-state index in [-0.39, 0.29) is 6.04 Å². The van der Waals surface area contributed by atoms with E-state index in [2.05, 4.69) is 5.32 Å². The van der Waals surface area contributed by atoms with Crippen molar-refractivity contribution in [2.75, 3.05) is 7.05 Å². The van der Waals surface area contributed by atoms with Gasteiger partial charge in [0.2, 0.25) is 0 Å². The molecule has 0 bridgehead atoms. The van der Waals surface area contributed by atoms with E-state index in [1.165, 1.54) is 23.5 Å². The molecule has 1 heterocycles. The lowest BCUT2D eigenvalue weighted by Gasteiger charge is -2.10. The van der Waals surface area contributed by atoms with E-state index in [0.717, 1.165) is 21.4 Å². The van der Waals surface area contributed by atoms with Crippen molar-refractivity contribution in [3.05, 3.63) is 46.3 Å². The lowest BCUT2D eigenvalue weighted by atomic mass is 10.0. The van der Waals surface area contributed by atoms with Crippen molar-refractivity contribution in [1.82, 2.24) is 5.32 Å². The van der Waals surface area contributed by atoms with Gasteiger partial charge in [-0.3, -0.25) is 0 Å². The fourth-order valence-electron chi connectivity index (χ4n) is 1.94. The van der Waals surface area contributed by atoms with Gasteiger partial charge in [0.25, 0.3) is 0 Å². The molecule has 1 aromatic heterocycles. The van der Waals surface area contributed by atoms with Crippen molar-refractivity contribution in [2.24, 2.45) is 0 Å². The monoisotopic (exact) mass is 299 g/mol. The summed E-state index contributed by atoms with van der Waals surface area (Å²) in [7, 11) is 1.86. The number of alkyl halides is 3. The maximum atomic E-state index is 12.8. The number of hydrogen-bond acceptors (Lipinski definition) is 2. The van der Waals surface area contributed by atoms with Crippen LogP contribution in [0.5, 0.6) is 0 Å². The van der Waals surface area contributed by atoms with Gasteiger partial charge in [0.05, 0.1) is 5.56 Å². The Labute approximate surface area is 120 Å². The van der Waals surface area contributed by atoms with Gasteiger partial charge in [-0.2, -0.15) is 13.2 Å². The summed E-state index contributed by atoms with van der Waals surface area (Å²) in [5.41, 5.74) is 0.901. The number of thiophene rings is 1. The molecule has 1 N–H and O–H groups in total. The van der Waals surface area contributed by atoms with Gasteiger partial charge in [-0.25, -0.2) is 0 Å². The normalized spacial score (nSPS) is 13.5. The first-order valence-electron chi connectivity index (χ1n) is 6.28. The summed E-state index contributed by atoms with van der Waals surface area (Å²) in [4.78, 5) is 1.98. The Balaban J connectivity index is 2.44. The van der Waals surface area contributed by atoms with Gasteiger partial charge in [-0.1, -0.05) is 6.07 Å². The third kappa shape index (κ3) is 3.04. The standard InChI is InChI=1S/C15H16F3NS/c1-9-4-5-11(15(16,17)18)8-12(9)14-7-6-13(20-14)10(2)19-3/h4-8,10,19H,1-3H3. The number of halogens is 3. The van der Waals surface area contributed by atoms with E-state index < -0.39 is 11.7 Å². The van der Waals surface area contributed by atoms with Crippen LogP contribution in [0.4, 0.5) is 13.2 Å². The lowest BCUT2D eigenvalue weighted by Crippen LogP contribution is -2.10. The summed E-state index contributed by atoms with van der Waals surface area (Å²) < 4.78 is 38.4. The molecule has 0 spiro atoms. The molecule has 0 amide bonds. The van der Waals surface area contributed by atoms with Crippen LogP contribution < -0.4 is 5.32 Å². The highest BCUT2D eigenvalue weighted by Gasteiger charge is 2.31. The number of nitrogens with one attached hydrogen (secondary N) is 1. The fraction of sp³-hybridized carbons (Fsp3) is 0.333. The molecule has 1 atom stereocenters. The number of aryl methyl sites for hydroxylation is 1. The zero-order valence-corrected chi connectivity index (χ0v) is 12.3. The predicted molar refractivity (Wildman–Crippen MR) is 77.0 cm³/mol. The molecule has 2 aromatic rings. The van der Waals surface area contributed by atoms with E-state index >= 15 is 0 Å². The van der Waals surface area contributed by atoms with Crippen LogP contribution in [-0.2, 0) is 6.18 Å². The van der Waals surface area contributed by atoms with Crippen LogP contribution in [0.15, 0.2) is 30.3 Å². The smallest absolute Gasteiger partial charge is 0.313 e. The Kier molecular flexibility index (Phi) is 4.20. The van der Waals surface area contributed by atoms with Gasteiger partial charge in [0.1, 0.15) is 0 Å². The van der Waals surface area contributed by atoms with Crippen LogP contribution >= 0.6 is 11.3 Å². The average molecular weight is 299 g/mol. The van der Waals surface area contributed by atoms with Crippen molar-refractivity contribution in [3.8, 4) is 10.4 Å². The zero-order chi connectivity index (χ0) is 14.9. The third-order valence-electron chi connectivity index (χ3n) is 3.32. The van der Waals surface area contributed by atoms with E-state index in [9.17, 15) is 13.2 Å². The van der Waals surface area contributed by atoms with Crippen LogP contribution in [0.2, 0.25) is 0 Å². The first kappa shape index (κ1) is 15.1. The highest BCUT2D eigenvalue weighted by molar-refractivity contribution is 7.15. The zero-order valence-electron chi connectivity index (χ0n) is 11.5. The Morgan fingerprint density at radius 1 is 1.15 bits per heavy atom. The molecule has 0 fully saturated rings. The van der Waals surface area contributed by atoms with Crippen molar-refractivity contribution in [2.45, 2.75) is 26.1 Å². The average Bonchev–Trinajstić information content (AvgIpc) is 2.86. The highest BCUT2D eigenvalue weighted by Crippen LogP contribution is 2.37. The molecule has 0 radical (unpaired) electrons. The van der Waals surface area contributed by atoms with Gasteiger partial charge in [-0.05, 0) is 56.3 Å². The molecule has 108 valence electrons. The van der Waals surface area contributed by atoms with Crippen LogP contribution in [0.1, 0.15) is 29.0 Å². The van der Waals surface area contributed by atoms with Crippen LogP contribution in [-0.4, -0.2) is 7.05 Å². The molecule has 1 nitrogen and oxygen atoms in total. The van der Waals surface area contributed by atoms with Gasteiger partial charge in [0.15, 0.2) is 0 Å². The van der Waals surface area contributed by atoms with Crippen LogP contribution in [0.25, 0.3) is 10.4 Å². The molecule has 20 heavy (non-hydrogen) atoms. The molecular formula is C15H16F3NS. The molecule has 1 aromatic carbocycles. The summed E-state index contributed by atoms with van der Waals surface area (Å²) in [5.74, 6) is 0. The van der Waals surface area contributed by atoms with Crippen molar-refractivity contribution in [1.29, 1.82) is 0 Å². The number of hydrogen-bond donors (Lipinski definition) is 1. The first-order valence-corrected chi connectivity index (χ1v) is 7.10. The summed E-state index contributed by atoms with van der Waals surface area (Å²) in [6.45, 7) is 3.85. The topological polar surface area (TPSA) is 12.0 Å². The maximum Gasteiger partial charge on any atom is 0.416 e. The van der Waals surface area contributed by atoms with Gasteiger partial charge >= 0.3 is 6.18 Å². The molecule has 2 rings (SSSR count). The Morgan fingerprint density at radius 3 is 2.45 bits per heavy atom. The molecule has 0 aliphatic carbocycles. The molecule has 0 aliphatic rings. The summed E-state index contributed by atoms with van der Waals surface area (Å²) in [6, 6.07) is 7.93. The van der Waals surface area contributed by atoms with Crippen molar-refractivity contribution >= 4 is 11.3 Å². The number of benzene rings is 1. The predicted octanol–water partition coefficient (Wildman–Crippen LogP) is 5.02. The summed E-state index contributed by atoms with van der Waals surface area (Å²) in [6.07, 6.45) is -4.30. The second-order valence-corrected chi connectivity index (χ2v) is 5.86.